The lowest BCUT2D eigenvalue weighted by atomic mass is 9.76. The van der Waals surface area contributed by atoms with Crippen LogP contribution in [0.2, 0.25) is 0 Å². The van der Waals surface area contributed by atoms with E-state index < -0.39 is 5.82 Å². The number of benzene rings is 1. The van der Waals surface area contributed by atoms with Crippen molar-refractivity contribution < 1.29 is 13.9 Å². The molecule has 2 aliphatic heterocycles. The van der Waals surface area contributed by atoms with Gasteiger partial charge >= 0.3 is 0 Å². The molecule has 10 heteroatoms. The number of rotatable bonds is 11. The van der Waals surface area contributed by atoms with Gasteiger partial charge in [-0.25, -0.2) is 9.37 Å². The Morgan fingerprint density at radius 1 is 1.15 bits per heavy atom. The van der Waals surface area contributed by atoms with Crippen molar-refractivity contribution in [2.75, 3.05) is 37.6 Å². The maximum Gasteiger partial charge on any atom is 0.282 e. The number of amides is 1. The van der Waals surface area contributed by atoms with E-state index in [0.717, 1.165) is 52.0 Å². The van der Waals surface area contributed by atoms with E-state index in [1.807, 2.05) is 27.7 Å². The van der Waals surface area contributed by atoms with Crippen LogP contribution in [0, 0.1) is 17.2 Å². The van der Waals surface area contributed by atoms with E-state index in [-0.39, 0.29) is 40.6 Å². The van der Waals surface area contributed by atoms with Crippen LogP contribution in [0.3, 0.4) is 0 Å². The van der Waals surface area contributed by atoms with Gasteiger partial charge in [0.05, 0.1) is 5.56 Å². The number of ether oxygens (including phenoxy) is 1. The summed E-state index contributed by atoms with van der Waals surface area (Å²) in [7, 11) is 0. The lowest BCUT2D eigenvalue weighted by molar-refractivity contribution is -0.0337. The number of aromatic nitrogens is 3. The number of carbonyl (C=O) groups is 1. The summed E-state index contributed by atoms with van der Waals surface area (Å²) in [6.07, 6.45) is 4.65. The third kappa shape index (κ3) is 6.32. The van der Waals surface area contributed by atoms with E-state index in [1.54, 1.807) is 4.90 Å². The van der Waals surface area contributed by atoms with E-state index >= 15 is 0 Å². The maximum atomic E-state index is 14.3. The first-order valence-electron chi connectivity index (χ1n) is 14.2. The Kier molecular flexibility index (Phi) is 9.06. The molecule has 214 valence electrons. The highest BCUT2D eigenvalue weighted by Crippen LogP contribution is 2.44. The molecule has 9 nitrogen and oxygen atoms in total. The van der Waals surface area contributed by atoms with Gasteiger partial charge in [0.15, 0.2) is 5.82 Å². The van der Waals surface area contributed by atoms with Crippen molar-refractivity contribution in [1.29, 1.82) is 0 Å². The van der Waals surface area contributed by atoms with Crippen LogP contribution in [0.1, 0.15) is 71.2 Å². The minimum Gasteiger partial charge on any atom is -0.434 e. The molecule has 4 rings (SSSR count). The number of nitrogens with two attached hydrogens (primary N) is 1. The minimum atomic E-state index is -0.502. The summed E-state index contributed by atoms with van der Waals surface area (Å²) in [6, 6.07) is 4.42. The Labute approximate surface area is 231 Å². The molecule has 1 aromatic heterocycles. The van der Waals surface area contributed by atoms with Crippen LogP contribution >= 0.6 is 0 Å². The van der Waals surface area contributed by atoms with Crippen LogP contribution < -0.4 is 15.4 Å². The van der Waals surface area contributed by atoms with Gasteiger partial charge in [-0.3, -0.25) is 9.69 Å². The number of hydrogen-bond acceptors (Lipinski definition) is 8. The van der Waals surface area contributed by atoms with Gasteiger partial charge in [0.2, 0.25) is 0 Å². The monoisotopic (exact) mass is 541 g/mol. The summed E-state index contributed by atoms with van der Waals surface area (Å²) in [5, 5.41) is 8.18. The molecule has 0 bridgehead atoms. The number of hydrogen-bond donors (Lipinski definition) is 1. The Morgan fingerprint density at radius 2 is 1.87 bits per heavy atom. The zero-order valence-electron chi connectivity index (χ0n) is 24.2. The van der Waals surface area contributed by atoms with E-state index in [2.05, 4.69) is 38.8 Å². The molecule has 0 aliphatic carbocycles. The smallest absolute Gasteiger partial charge is 0.282 e. The summed E-state index contributed by atoms with van der Waals surface area (Å²) < 4.78 is 20.5. The van der Waals surface area contributed by atoms with Crippen LogP contribution in [-0.4, -0.2) is 81.7 Å². The number of likely N-dealkylation sites (tertiary alicyclic amines) is 1. The van der Waals surface area contributed by atoms with Crippen LogP contribution in [0.15, 0.2) is 24.5 Å². The van der Waals surface area contributed by atoms with E-state index in [1.165, 1.54) is 24.5 Å². The van der Waals surface area contributed by atoms with Gasteiger partial charge in [-0.15, -0.1) is 10.2 Å². The van der Waals surface area contributed by atoms with Crippen molar-refractivity contribution in [3.63, 3.8) is 0 Å². The first kappa shape index (κ1) is 29.1. The molecule has 0 saturated carbocycles. The first-order valence-corrected chi connectivity index (χ1v) is 14.2. The number of halogens is 1. The standard InChI is InChI=1S/C29H44FN7O2/c1-19(2)24(8-7-12-31)36-16-29(17-36)11-13-35(15-29)26-27(34-33-18-32-26)39-25-10-9-22(30)14-23(25)28(38)37(20(3)4)21(5)6/h9-10,14,18-21,24H,7-8,11-13,15-17,31H2,1-6H3. The van der Waals surface area contributed by atoms with Crippen molar-refractivity contribution in [2.24, 2.45) is 17.1 Å². The molecular weight excluding hydrogens is 497 g/mol. The average Bonchev–Trinajstić information content (AvgIpc) is 3.30. The molecule has 1 amide bonds. The molecule has 39 heavy (non-hydrogen) atoms. The highest BCUT2D eigenvalue weighted by molar-refractivity contribution is 5.97. The summed E-state index contributed by atoms with van der Waals surface area (Å²) in [5.41, 5.74) is 6.15. The van der Waals surface area contributed by atoms with E-state index in [4.69, 9.17) is 10.5 Å². The van der Waals surface area contributed by atoms with Gasteiger partial charge in [-0.1, -0.05) is 13.8 Å². The number of nitrogens with zero attached hydrogens (tertiary/aromatic N) is 6. The molecule has 1 atom stereocenters. The zero-order chi connectivity index (χ0) is 28.3. The van der Waals surface area contributed by atoms with Gasteiger partial charge in [0.1, 0.15) is 17.9 Å². The van der Waals surface area contributed by atoms with Crippen molar-refractivity contribution in [1.82, 2.24) is 25.0 Å². The van der Waals surface area contributed by atoms with E-state index in [0.29, 0.717) is 17.8 Å². The molecule has 1 aromatic carbocycles. The Morgan fingerprint density at radius 3 is 2.51 bits per heavy atom. The third-order valence-electron chi connectivity index (χ3n) is 8.05. The SMILES string of the molecule is CC(C)C(CCCN)N1CC2(CCN(c3ncnnc3Oc3ccc(F)cc3C(=O)N(C(C)C)C(C)C)C2)C1. The van der Waals surface area contributed by atoms with Crippen LogP contribution in [0.4, 0.5) is 10.2 Å². The molecular formula is C29H44FN7O2. The second-order valence-electron chi connectivity index (χ2n) is 12.1. The largest absolute Gasteiger partial charge is 0.434 e. The second kappa shape index (κ2) is 12.1. The van der Waals surface area contributed by atoms with Crippen LogP contribution in [0.25, 0.3) is 0 Å². The zero-order valence-corrected chi connectivity index (χ0v) is 24.2. The molecule has 1 spiro atoms. The van der Waals surface area contributed by atoms with Crippen molar-refractivity contribution in [3.05, 3.63) is 35.9 Å². The van der Waals surface area contributed by atoms with Gasteiger partial charge < -0.3 is 20.3 Å². The average molecular weight is 542 g/mol. The molecule has 2 aliphatic rings. The van der Waals surface area contributed by atoms with Crippen molar-refractivity contribution in [2.45, 2.75) is 78.9 Å². The molecule has 0 radical (unpaired) electrons. The van der Waals surface area contributed by atoms with Gasteiger partial charge in [0, 0.05) is 49.7 Å². The summed E-state index contributed by atoms with van der Waals surface area (Å²) in [5.74, 6) is 0.841. The van der Waals surface area contributed by atoms with Crippen LogP contribution in [-0.2, 0) is 0 Å². The van der Waals surface area contributed by atoms with Crippen molar-refractivity contribution >= 4 is 11.7 Å². The van der Waals surface area contributed by atoms with Gasteiger partial charge in [0.25, 0.3) is 11.8 Å². The predicted molar refractivity (Wildman–Crippen MR) is 150 cm³/mol. The molecule has 2 fully saturated rings. The third-order valence-corrected chi connectivity index (χ3v) is 8.05. The first-order chi connectivity index (χ1) is 18.5. The predicted octanol–water partition coefficient (Wildman–Crippen LogP) is 4.34. The summed E-state index contributed by atoms with van der Waals surface area (Å²) in [4.78, 5) is 24.5. The molecule has 2 saturated heterocycles. The normalized spacial score (nSPS) is 17.8. The van der Waals surface area contributed by atoms with Crippen LogP contribution in [0.5, 0.6) is 11.6 Å². The topological polar surface area (TPSA) is 101 Å². The molecule has 2 aromatic rings. The lowest BCUT2D eigenvalue weighted by Crippen LogP contribution is -2.62. The highest BCUT2D eigenvalue weighted by atomic mass is 19.1. The molecule has 2 N–H and O–H groups in total. The number of carbonyl (C=O) groups excluding carboxylic acids is 1. The van der Waals surface area contributed by atoms with Crippen molar-refractivity contribution in [3.8, 4) is 11.6 Å². The maximum absolute atomic E-state index is 14.3. The van der Waals surface area contributed by atoms with Gasteiger partial charge in [-0.05, 0) is 77.6 Å². The van der Waals surface area contributed by atoms with Gasteiger partial charge in [-0.2, -0.15) is 0 Å². The Hall–Kier alpha value is -2.85. The summed E-state index contributed by atoms with van der Waals surface area (Å²) in [6.45, 7) is 16.9. The lowest BCUT2D eigenvalue weighted by Gasteiger charge is -2.53. The second-order valence-corrected chi connectivity index (χ2v) is 12.1. The minimum absolute atomic E-state index is 0.0595. The number of anilines is 1. The van der Waals surface area contributed by atoms with E-state index in [9.17, 15) is 9.18 Å². The quantitative estimate of drug-likeness (QED) is 0.449. The summed E-state index contributed by atoms with van der Waals surface area (Å²) >= 11 is 0. The fourth-order valence-corrected chi connectivity index (χ4v) is 6.30. The Balaban J connectivity index is 1.52. The molecule has 1 unspecified atom stereocenters. The fraction of sp³-hybridized carbons (Fsp3) is 0.655. The fourth-order valence-electron chi connectivity index (χ4n) is 6.30. The molecule has 3 heterocycles. The Bertz CT molecular complexity index is 1130. The highest BCUT2D eigenvalue weighted by Gasteiger charge is 2.50.